The first-order valence-corrected chi connectivity index (χ1v) is 14.4. The molecule has 7 rings (SSSR count). The van der Waals surface area contributed by atoms with Crippen LogP contribution < -0.4 is 4.90 Å². The van der Waals surface area contributed by atoms with Gasteiger partial charge in [0.2, 0.25) is 11.6 Å². The van der Waals surface area contributed by atoms with Crippen molar-refractivity contribution < 1.29 is 43.9 Å². The van der Waals surface area contributed by atoms with Crippen molar-refractivity contribution >= 4 is 38.9 Å². The molecule has 0 aliphatic rings. The van der Waals surface area contributed by atoms with E-state index in [-0.39, 0.29) is 4.90 Å². The summed E-state index contributed by atoms with van der Waals surface area (Å²) in [4.78, 5) is -0.241. The van der Waals surface area contributed by atoms with Crippen LogP contribution in [0.15, 0.2) is 91.0 Å². The Hall–Kier alpha value is -5.78. The van der Waals surface area contributed by atoms with E-state index in [9.17, 15) is 26.3 Å². The van der Waals surface area contributed by atoms with Crippen molar-refractivity contribution in [2.75, 3.05) is 4.90 Å². The van der Waals surface area contributed by atoms with Crippen LogP contribution in [0.5, 0.6) is 0 Å². The summed E-state index contributed by atoms with van der Waals surface area (Å²) in [5, 5.41) is 1.74. The topological polar surface area (TPSA) is 8.17 Å². The molecule has 0 fully saturated rings. The first kappa shape index (κ1) is 31.8. The quantitative estimate of drug-likeness (QED) is 0.0998. The van der Waals surface area contributed by atoms with Crippen LogP contribution in [0.3, 0.4) is 0 Å². The van der Waals surface area contributed by atoms with Gasteiger partial charge in [-0.1, -0.05) is 54.1 Å². The van der Waals surface area contributed by atoms with Crippen LogP contribution in [-0.2, 0) is 0 Å². The average Bonchev–Trinajstić information content (AvgIpc) is 3.45. The van der Waals surface area contributed by atoms with Gasteiger partial charge < -0.3 is 4.57 Å². The smallest absolute Gasteiger partial charge is 0.200 e. The molecule has 0 aliphatic heterocycles. The molecule has 0 radical (unpaired) electrons. The van der Waals surface area contributed by atoms with Gasteiger partial charge in [0.25, 0.3) is 0 Å². The number of aryl methyl sites for hydroxylation is 1. The number of benzene rings is 6. The van der Waals surface area contributed by atoms with Gasteiger partial charge in [0.1, 0.15) is 11.4 Å². The SMILES string of the molecule is Cc1ccc(-n2c3ccccc3c3cc(-c4ccc(N(c5c(F)c(F)c(F)c(F)c5F)c5c(F)c(F)c(F)c(F)c5F)cc4)ccc32)cc1. The standard InChI is InChI=1S/C37H18F10N2/c1-17-6-11-20(12-7-17)48-24-5-3-2-4-22(24)23-16-19(10-15-25(23)48)18-8-13-21(14-9-18)49(36-32(44)28(40)26(38)29(41)33(36)45)37-34(46)30(42)27(39)31(43)35(37)47/h2-16H,1H3. The molecule has 0 saturated heterocycles. The molecule has 0 atom stereocenters. The largest absolute Gasteiger partial charge is 0.309 e. The normalized spacial score (nSPS) is 11.6. The molecule has 2 nitrogen and oxygen atoms in total. The average molecular weight is 681 g/mol. The first-order chi connectivity index (χ1) is 23.4. The fourth-order valence-corrected chi connectivity index (χ4v) is 5.88. The number of fused-ring (bicyclic) bond motifs is 3. The van der Waals surface area contributed by atoms with E-state index in [1.807, 2.05) is 67.6 Å². The monoisotopic (exact) mass is 680 g/mol. The van der Waals surface area contributed by atoms with E-state index in [2.05, 4.69) is 4.57 Å². The van der Waals surface area contributed by atoms with Crippen molar-refractivity contribution in [3.05, 3.63) is 155 Å². The molecule has 0 spiro atoms. The van der Waals surface area contributed by atoms with Gasteiger partial charge in [-0.05, 0) is 60.5 Å². The lowest BCUT2D eigenvalue weighted by atomic mass is 10.0. The van der Waals surface area contributed by atoms with Crippen molar-refractivity contribution in [3.63, 3.8) is 0 Å². The van der Waals surface area contributed by atoms with E-state index in [4.69, 9.17) is 0 Å². The number of hydrogen-bond donors (Lipinski definition) is 0. The lowest BCUT2D eigenvalue weighted by Crippen LogP contribution is -2.21. The summed E-state index contributed by atoms with van der Waals surface area (Å²) in [5.41, 5.74) is 0.161. The summed E-state index contributed by atoms with van der Waals surface area (Å²) in [7, 11) is 0. The number of anilines is 3. The Balaban J connectivity index is 1.40. The molecule has 0 saturated carbocycles. The van der Waals surface area contributed by atoms with Crippen LogP contribution in [0.25, 0.3) is 38.6 Å². The molecular formula is C37H18F10N2. The van der Waals surface area contributed by atoms with Gasteiger partial charge in [-0.15, -0.1) is 0 Å². The van der Waals surface area contributed by atoms with Crippen LogP contribution in [0, 0.1) is 65.1 Å². The highest BCUT2D eigenvalue weighted by Crippen LogP contribution is 2.44. The maximum atomic E-state index is 15.1. The molecule has 49 heavy (non-hydrogen) atoms. The van der Waals surface area contributed by atoms with Gasteiger partial charge in [0.15, 0.2) is 46.5 Å². The Bertz CT molecular complexity index is 2330. The highest BCUT2D eigenvalue weighted by atomic mass is 19.2. The molecule has 12 heteroatoms. The molecule has 1 heterocycles. The van der Waals surface area contributed by atoms with Gasteiger partial charge in [0, 0.05) is 22.1 Å². The fraction of sp³-hybridized carbons (Fsp3) is 0.0270. The van der Waals surface area contributed by atoms with Crippen LogP contribution in [-0.4, -0.2) is 4.57 Å². The Kier molecular flexibility index (Phi) is 7.61. The maximum absolute atomic E-state index is 15.1. The minimum absolute atomic E-state index is 0.241. The third-order valence-corrected chi connectivity index (χ3v) is 8.24. The number of hydrogen-bond acceptors (Lipinski definition) is 1. The molecule has 246 valence electrons. The van der Waals surface area contributed by atoms with E-state index in [0.717, 1.165) is 45.2 Å². The molecule has 0 bridgehead atoms. The minimum atomic E-state index is -2.59. The van der Waals surface area contributed by atoms with Crippen molar-refractivity contribution in [2.45, 2.75) is 6.92 Å². The molecule has 6 aromatic carbocycles. The number of rotatable bonds is 5. The Morgan fingerprint density at radius 2 is 0.878 bits per heavy atom. The highest BCUT2D eigenvalue weighted by Gasteiger charge is 2.36. The Morgan fingerprint density at radius 3 is 1.41 bits per heavy atom. The third-order valence-electron chi connectivity index (χ3n) is 8.24. The maximum Gasteiger partial charge on any atom is 0.200 e. The second kappa shape index (κ2) is 11.7. The second-order valence-corrected chi connectivity index (χ2v) is 11.1. The lowest BCUT2D eigenvalue weighted by molar-refractivity contribution is 0.375. The van der Waals surface area contributed by atoms with Crippen LogP contribution in [0.2, 0.25) is 0 Å². The van der Waals surface area contributed by atoms with E-state index >= 15 is 17.6 Å². The summed E-state index contributed by atoms with van der Waals surface area (Å²) in [6.45, 7) is 1.97. The minimum Gasteiger partial charge on any atom is -0.309 e. The van der Waals surface area contributed by atoms with E-state index in [0.29, 0.717) is 11.1 Å². The number of aromatic nitrogens is 1. The zero-order valence-corrected chi connectivity index (χ0v) is 24.8. The number of para-hydroxylation sites is 1. The molecule has 0 N–H and O–H groups in total. The molecular weight excluding hydrogens is 662 g/mol. The van der Waals surface area contributed by atoms with Crippen molar-refractivity contribution in [1.29, 1.82) is 0 Å². The third kappa shape index (κ3) is 4.89. The van der Waals surface area contributed by atoms with Gasteiger partial charge in [-0.2, -0.15) is 0 Å². The van der Waals surface area contributed by atoms with Gasteiger partial charge in [-0.3, -0.25) is 4.90 Å². The molecule has 7 aromatic rings. The zero-order valence-electron chi connectivity index (χ0n) is 24.8. The number of halogens is 10. The Morgan fingerprint density at radius 1 is 0.429 bits per heavy atom. The van der Waals surface area contributed by atoms with E-state index in [1.54, 1.807) is 6.07 Å². The van der Waals surface area contributed by atoms with Gasteiger partial charge in [-0.25, -0.2) is 43.9 Å². The molecule has 0 aliphatic carbocycles. The van der Waals surface area contributed by atoms with Crippen molar-refractivity contribution in [1.82, 2.24) is 4.57 Å². The number of nitrogens with zero attached hydrogens (tertiary/aromatic N) is 2. The predicted molar refractivity (Wildman–Crippen MR) is 165 cm³/mol. The Labute approximate surface area is 270 Å². The summed E-state index contributed by atoms with van der Waals surface area (Å²) in [6.07, 6.45) is 0. The fourth-order valence-electron chi connectivity index (χ4n) is 5.88. The summed E-state index contributed by atoms with van der Waals surface area (Å²) < 4.78 is 147. The molecule has 0 unspecified atom stereocenters. The second-order valence-electron chi connectivity index (χ2n) is 11.1. The van der Waals surface area contributed by atoms with Gasteiger partial charge >= 0.3 is 0 Å². The van der Waals surface area contributed by atoms with E-state index in [1.165, 1.54) is 12.1 Å². The van der Waals surface area contributed by atoms with Crippen molar-refractivity contribution in [2.24, 2.45) is 0 Å². The van der Waals surface area contributed by atoms with Crippen LogP contribution >= 0.6 is 0 Å². The molecule has 0 amide bonds. The molecule has 1 aromatic heterocycles. The summed E-state index contributed by atoms with van der Waals surface area (Å²) >= 11 is 0. The lowest BCUT2D eigenvalue weighted by Gasteiger charge is -2.27. The van der Waals surface area contributed by atoms with Crippen LogP contribution in [0.1, 0.15) is 5.56 Å². The zero-order chi connectivity index (χ0) is 34.9. The van der Waals surface area contributed by atoms with E-state index < -0.39 is 75.2 Å². The van der Waals surface area contributed by atoms with Crippen LogP contribution in [0.4, 0.5) is 61.0 Å². The first-order valence-electron chi connectivity index (χ1n) is 14.4. The summed E-state index contributed by atoms with van der Waals surface area (Å²) in [6, 6.07) is 25.6. The summed E-state index contributed by atoms with van der Waals surface area (Å²) in [5.74, 6) is -25.5. The van der Waals surface area contributed by atoms with Crippen molar-refractivity contribution in [3.8, 4) is 16.8 Å². The van der Waals surface area contributed by atoms with Gasteiger partial charge in [0.05, 0.1) is 11.0 Å². The predicted octanol–water partition coefficient (Wildman–Crippen LogP) is 11.6. The highest BCUT2D eigenvalue weighted by molar-refractivity contribution is 6.10.